The number of rotatable bonds is 5. The maximum absolute atomic E-state index is 13.2. The first-order valence-electron chi connectivity index (χ1n) is 7.72. The van der Waals surface area contributed by atoms with Crippen LogP contribution in [0.3, 0.4) is 0 Å². The van der Waals surface area contributed by atoms with Crippen molar-refractivity contribution in [1.82, 2.24) is 0 Å². The molecule has 0 aromatic heterocycles. The predicted octanol–water partition coefficient (Wildman–Crippen LogP) is 3.92. The Morgan fingerprint density at radius 1 is 1.08 bits per heavy atom. The zero-order valence-corrected chi connectivity index (χ0v) is 13.9. The molecular weight excluding hydrogens is 353 g/mol. The number of hydrogen-bond donors (Lipinski definition) is 2. The van der Waals surface area contributed by atoms with E-state index in [4.69, 9.17) is 5.14 Å². The molecule has 3 rings (SSSR count). The van der Waals surface area contributed by atoms with Gasteiger partial charge in [0.1, 0.15) is 0 Å². The summed E-state index contributed by atoms with van der Waals surface area (Å²) in [7, 11) is -4.47. The van der Waals surface area contributed by atoms with Gasteiger partial charge in [0.05, 0.1) is 16.5 Å². The number of anilines is 1. The van der Waals surface area contributed by atoms with Crippen LogP contribution in [0.25, 0.3) is 0 Å². The Labute approximate surface area is 143 Å². The van der Waals surface area contributed by atoms with E-state index in [2.05, 4.69) is 5.32 Å². The van der Waals surface area contributed by atoms with Crippen LogP contribution in [-0.4, -0.2) is 8.42 Å². The first-order valence-corrected chi connectivity index (χ1v) is 9.26. The van der Waals surface area contributed by atoms with E-state index >= 15 is 0 Å². The van der Waals surface area contributed by atoms with E-state index in [1.807, 2.05) is 30.3 Å². The highest BCUT2D eigenvalue weighted by Gasteiger charge is 2.37. The summed E-state index contributed by atoms with van der Waals surface area (Å²) >= 11 is 0. The molecule has 0 amide bonds. The van der Waals surface area contributed by atoms with Crippen LogP contribution in [0.1, 0.15) is 30.0 Å². The Hall–Kier alpha value is -2.06. The third-order valence-electron chi connectivity index (χ3n) is 4.17. The van der Waals surface area contributed by atoms with Crippen molar-refractivity contribution in [1.29, 1.82) is 0 Å². The van der Waals surface area contributed by atoms with Gasteiger partial charge in [-0.05, 0) is 42.5 Å². The molecule has 0 radical (unpaired) electrons. The third kappa shape index (κ3) is 4.13. The second kappa shape index (κ2) is 6.34. The Balaban J connectivity index is 1.97. The first kappa shape index (κ1) is 17.8. The van der Waals surface area contributed by atoms with Crippen LogP contribution in [0.15, 0.2) is 53.4 Å². The summed E-state index contributed by atoms with van der Waals surface area (Å²) in [5.74, 6) is 0.342. The van der Waals surface area contributed by atoms with Crippen molar-refractivity contribution in [2.75, 3.05) is 5.32 Å². The fourth-order valence-electron chi connectivity index (χ4n) is 2.83. The molecule has 2 aromatic rings. The van der Waals surface area contributed by atoms with Crippen molar-refractivity contribution in [3.63, 3.8) is 0 Å². The molecule has 1 aliphatic carbocycles. The van der Waals surface area contributed by atoms with E-state index in [-0.39, 0.29) is 11.7 Å². The monoisotopic (exact) mass is 370 g/mol. The molecule has 1 aliphatic rings. The zero-order valence-electron chi connectivity index (χ0n) is 13.1. The molecule has 1 saturated carbocycles. The second-order valence-corrected chi connectivity index (χ2v) is 7.65. The molecule has 0 spiro atoms. The molecule has 3 N–H and O–H groups in total. The predicted molar refractivity (Wildman–Crippen MR) is 88.3 cm³/mol. The van der Waals surface area contributed by atoms with Gasteiger partial charge in [-0.15, -0.1) is 0 Å². The van der Waals surface area contributed by atoms with Crippen LogP contribution in [0.2, 0.25) is 0 Å². The van der Waals surface area contributed by atoms with Gasteiger partial charge in [-0.25, -0.2) is 13.6 Å². The van der Waals surface area contributed by atoms with E-state index < -0.39 is 26.7 Å². The van der Waals surface area contributed by atoms with E-state index in [1.165, 1.54) is 6.07 Å². The Kier molecular flexibility index (Phi) is 4.51. The third-order valence-corrected chi connectivity index (χ3v) is 5.13. The van der Waals surface area contributed by atoms with Gasteiger partial charge in [0.15, 0.2) is 0 Å². The van der Waals surface area contributed by atoms with Gasteiger partial charge in [-0.3, -0.25) is 0 Å². The van der Waals surface area contributed by atoms with Gasteiger partial charge in [0.25, 0.3) is 0 Å². The lowest BCUT2D eigenvalue weighted by atomic mass is 10.0. The van der Waals surface area contributed by atoms with Gasteiger partial charge in [-0.2, -0.15) is 13.2 Å². The van der Waals surface area contributed by atoms with E-state index in [0.717, 1.165) is 30.5 Å². The molecule has 4 nitrogen and oxygen atoms in total. The minimum absolute atomic E-state index is 0.123. The summed E-state index contributed by atoms with van der Waals surface area (Å²) in [5.41, 5.74) is -0.0721. The highest BCUT2D eigenvalue weighted by atomic mass is 32.2. The number of nitrogens with one attached hydrogen (secondary N) is 1. The molecule has 0 aliphatic heterocycles. The smallest absolute Gasteiger partial charge is 0.378 e. The average molecular weight is 370 g/mol. The molecule has 25 heavy (non-hydrogen) atoms. The second-order valence-electron chi connectivity index (χ2n) is 6.12. The van der Waals surface area contributed by atoms with Crippen molar-refractivity contribution in [3.8, 4) is 0 Å². The highest BCUT2D eigenvalue weighted by Crippen LogP contribution is 2.43. The number of hydrogen-bond acceptors (Lipinski definition) is 3. The number of alkyl halides is 3. The van der Waals surface area contributed by atoms with E-state index in [9.17, 15) is 21.6 Å². The van der Waals surface area contributed by atoms with Crippen molar-refractivity contribution < 1.29 is 21.6 Å². The molecule has 2 aromatic carbocycles. The standard InChI is InChI=1S/C17H17F3N2O2S/c18-17(19,20)14-10-13(8-9-15(14)25(21,23)24)22-16(12-6-7-12)11-4-2-1-3-5-11/h1-5,8-10,12,16,22H,6-7H2,(H2,21,23,24). The van der Waals surface area contributed by atoms with Crippen LogP contribution in [0, 0.1) is 5.92 Å². The zero-order chi connectivity index (χ0) is 18.2. The SMILES string of the molecule is NS(=O)(=O)c1ccc(NC(c2ccccc2)C2CC2)cc1C(F)(F)F. The minimum atomic E-state index is -4.82. The van der Waals surface area contributed by atoms with Crippen molar-refractivity contribution in [3.05, 3.63) is 59.7 Å². The number of benzene rings is 2. The molecule has 134 valence electrons. The number of sulfonamides is 1. The minimum Gasteiger partial charge on any atom is -0.378 e. The molecule has 0 bridgehead atoms. The Bertz CT molecular complexity index is 863. The van der Waals surface area contributed by atoms with Crippen molar-refractivity contribution >= 4 is 15.7 Å². The molecule has 1 atom stereocenters. The lowest BCUT2D eigenvalue weighted by molar-refractivity contribution is -0.139. The average Bonchev–Trinajstić information content (AvgIpc) is 3.36. The fourth-order valence-corrected chi connectivity index (χ4v) is 3.57. The summed E-state index contributed by atoms with van der Waals surface area (Å²) in [4.78, 5) is -0.923. The van der Waals surface area contributed by atoms with Crippen LogP contribution in [-0.2, 0) is 16.2 Å². The van der Waals surface area contributed by atoms with Crippen molar-refractivity contribution in [2.45, 2.75) is 30.0 Å². The molecule has 1 unspecified atom stereocenters. The van der Waals surface area contributed by atoms with Gasteiger partial charge in [0, 0.05) is 5.69 Å². The number of primary sulfonamides is 1. The molecule has 1 fully saturated rings. The van der Waals surface area contributed by atoms with Crippen molar-refractivity contribution in [2.24, 2.45) is 11.1 Å². The maximum Gasteiger partial charge on any atom is 0.417 e. The maximum atomic E-state index is 13.2. The van der Waals surface area contributed by atoms with Gasteiger partial charge < -0.3 is 5.32 Å². The number of nitrogens with two attached hydrogens (primary N) is 1. The highest BCUT2D eigenvalue weighted by molar-refractivity contribution is 7.89. The largest absolute Gasteiger partial charge is 0.417 e. The molecule has 0 heterocycles. The summed E-state index contributed by atoms with van der Waals surface area (Å²) in [5, 5.41) is 8.02. The summed E-state index contributed by atoms with van der Waals surface area (Å²) in [6, 6.07) is 12.3. The van der Waals surface area contributed by atoms with Gasteiger partial charge in [-0.1, -0.05) is 30.3 Å². The summed E-state index contributed by atoms with van der Waals surface area (Å²) in [6.45, 7) is 0. The molecule has 0 saturated heterocycles. The van der Waals surface area contributed by atoms with Crippen LogP contribution in [0.4, 0.5) is 18.9 Å². The lowest BCUT2D eigenvalue weighted by Crippen LogP contribution is -2.20. The quantitative estimate of drug-likeness (QED) is 0.838. The van der Waals surface area contributed by atoms with Gasteiger partial charge in [0.2, 0.25) is 10.0 Å². The first-order chi connectivity index (χ1) is 11.7. The Morgan fingerprint density at radius 2 is 1.72 bits per heavy atom. The Morgan fingerprint density at radius 3 is 2.24 bits per heavy atom. The fraction of sp³-hybridized carbons (Fsp3) is 0.294. The normalized spacial score (nSPS) is 16.5. The van der Waals surface area contributed by atoms with Crippen LogP contribution in [0.5, 0.6) is 0 Å². The van der Waals surface area contributed by atoms with Crippen LogP contribution >= 0.6 is 0 Å². The van der Waals surface area contributed by atoms with E-state index in [0.29, 0.717) is 5.92 Å². The topological polar surface area (TPSA) is 72.2 Å². The molecular formula is C17H17F3N2O2S. The van der Waals surface area contributed by atoms with E-state index in [1.54, 1.807) is 0 Å². The van der Waals surface area contributed by atoms with Gasteiger partial charge >= 0.3 is 6.18 Å². The summed E-state index contributed by atoms with van der Waals surface area (Å²) in [6.07, 6.45) is -2.83. The van der Waals surface area contributed by atoms with Crippen LogP contribution < -0.4 is 10.5 Å². The molecule has 8 heteroatoms. The summed E-state index contributed by atoms with van der Waals surface area (Å²) < 4.78 is 62.6. The number of halogens is 3. The lowest BCUT2D eigenvalue weighted by Gasteiger charge is -2.21.